The second-order valence-corrected chi connectivity index (χ2v) is 7.33. The second-order valence-electron chi connectivity index (χ2n) is 7.33. The average molecular weight is 408 g/mol. The molecule has 2 aromatic carbocycles. The van der Waals surface area contributed by atoms with Gasteiger partial charge in [-0.25, -0.2) is 0 Å². The molecule has 1 aromatic heterocycles. The van der Waals surface area contributed by atoms with Crippen molar-refractivity contribution >= 4 is 5.91 Å². The van der Waals surface area contributed by atoms with E-state index in [1.165, 1.54) is 0 Å². The van der Waals surface area contributed by atoms with Gasteiger partial charge in [0.05, 0.1) is 32.5 Å². The molecule has 0 fully saturated rings. The Labute approximate surface area is 177 Å². The van der Waals surface area contributed by atoms with Gasteiger partial charge in [-0.15, -0.1) is 0 Å². The number of carbonyl (C=O) groups excluding carboxylic acids is 1. The highest BCUT2D eigenvalue weighted by Gasteiger charge is 2.16. The lowest BCUT2D eigenvalue weighted by Gasteiger charge is -2.19. The summed E-state index contributed by atoms with van der Waals surface area (Å²) in [5, 5.41) is 7.61. The van der Waals surface area contributed by atoms with Crippen LogP contribution in [0.25, 0.3) is 0 Å². The lowest BCUT2D eigenvalue weighted by Crippen LogP contribution is -2.28. The number of ether oxygens (including phenoxy) is 2. The van der Waals surface area contributed by atoms with E-state index in [9.17, 15) is 4.79 Å². The Hall–Kier alpha value is -3.28. The Kier molecular flexibility index (Phi) is 6.77. The predicted octanol–water partition coefficient (Wildman–Crippen LogP) is 4.45. The van der Waals surface area contributed by atoms with Gasteiger partial charge >= 0.3 is 0 Å². The van der Waals surface area contributed by atoms with E-state index in [0.29, 0.717) is 23.6 Å². The molecule has 0 aliphatic carbocycles. The molecule has 0 aliphatic rings. The number of aromatic nitrogens is 2. The molecule has 1 atom stereocenters. The van der Waals surface area contributed by atoms with Crippen LogP contribution in [0.15, 0.2) is 48.5 Å². The SMILES string of the molecule is CCC(NC(=O)c1ccc(Cn2nc(C)cc2C)cc1)c1ccc(OC)c(OC)c1. The van der Waals surface area contributed by atoms with E-state index in [0.717, 1.165) is 28.9 Å². The first kappa shape index (κ1) is 21.4. The van der Waals surface area contributed by atoms with Crippen molar-refractivity contribution in [1.82, 2.24) is 15.1 Å². The topological polar surface area (TPSA) is 65.4 Å². The molecule has 1 N–H and O–H groups in total. The van der Waals surface area contributed by atoms with Gasteiger partial charge in [-0.3, -0.25) is 9.48 Å². The molecule has 0 bridgehead atoms. The molecule has 0 saturated carbocycles. The molecular formula is C24H29N3O3. The van der Waals surface area contributed by atoms with Crippen molar-refractivity contribution in [2.75, 3.05) is 14.2 Å². The molecule has 0 saturated heterocycles. The van der Waals surface area contributed by atoms with Crippen molar-refractivity contribution in [3.63, 3.8) is 0 Å². The first-order valence-corrected chi connectivity index (χ1v) is 10.1. The van der Waals surface area contributed by atoms with Crippen molar-refractivity contribution in [3.8, 4) is 11.5 Å². The lowest BCUT2D eigenvalue weighted by atomic mass is 10.0. The minimum atomic E-state index is -0.119. The molecule has 1 amide bonds. The molecule has 3 rings (SSSR count). The highest BCUT2D eigenvalue weighted by molar-refractivity contribution is 5.94. The zero-order valence-electron chi connectivity index (χ0n) is 18.2. The number of carbonyl (C=O) groups is 1. The normalized spacial score (nSPS) is 11.8. The lowest BCUT2D eigenvalue weighted by molar-refractivity contribution is 0.0935. The highest BCUT2D eigenvalue weighted by atomic mass is 16.5. The van der Waals surface area contributed by atoms with Crippen molar-refractivity contribution in [3.05, 3.63) is 76.6 Å². The summed E-state index contributed by atoms with van der Waals surface area (Å²) >= 11 is 0. The standard InChI is InChI=1S/C24H29N3O3/c1-6-21(20-11-12-22(29-4)23(14-20)30-5)25-24(28)19-9-7-18(8-10-19)15-27-17(3)13-16(2)26-27/h7-14,21H,6,15H2,1-5H3,(H,25,28). The summed E-state index contributed by atoms with van der Waals surface area (Å²) in [6.07, 6.45) is 0.761. The van der Waals surface area contributed by atoms with E-state index in [-0.39, 0.29) is 11.9 Å². The highest BCUT2D eigenvalue weighted by Crippen LogP contribution is 2.31. The molecule has 6 heteroatoms. The smallest absolute Gasteiger partial charge is 0.251 e. The van der Waals surface area contributed by atoms with Gasteiger partial charge in [0.1, 0.15) is 0 Å². The molecule has 1 unspecified atom stereocenters. The Morgan fingerprint density at radius 2 is 1.73 bits per heavy atom. The third-order valence-corrected chi connectivity index (χ3v) is 5.18. The monoisotopic (exact) mass is 407 g/mol. The zero-order chi connectivity index (χ0) is 21.7. The first-order chi connectivity index (χ1) is 14.4. The summed E-state index contributed by atoms with van der Waals surface area (Å²) in [4.78, 5) is 12.8. The van der Waals surface area contributed by atoms with Crippen LogP contribution in [0.4, 0.5) is 0 Å². The number of methoxy groups -OCH3 is 2. The van der Waals surface area contributed by atoms with Crippen LogP contribution in [0, 0.1) is 13.8 Å². The molecule has 158 valence electrons. The van der Waals surface area contributed by atoms with Crippen LogP contribution in [0.5, 0.6) is 11.5 Å². The fourth-order valence-corrected chi connectivity index (χ4v) is 3.50. The number of rotatable bonds is 8. The summed E-state index contributed by atoms with van der Waals surface area (Å²) in [7, 11) is 3.21. The number of nitrogens with one attached hydrogen (secondary N) is 1. The van der Waals surface area contributed by atoms with Crippen molar-refractivity contribution in [1.29, 1.82) is 0 Å². The Balaban J connectivity index is 1.70. The van der Waals surface area contributed by atoms with Gasteiger partial charge in [-0.05, 0) is 61.7 Å². The fourth-order valence-electron chi connectivity index (χ4n) is 3.50. The molecular weight excluding hydrogens is 378 g/mol. The van der Waals surface area contributed by atoms with Crippen LogP contribution in [0.2, 0.25) is 0 Å². The van der Waals surface area contributed by atoms with Crippen LogP contribution in [0.1, 0.15) is 52.3 Å². The van der Waals surface area contributed by atoms with Gasteiger partial charge in [0.25, 0.3) is 5.91 Å². The van der Waals surface area contributed by atoms with Crippen LogP contribution < -0.4 is 14.8 Å². The largest absolute Gasteiger partial charge is 0.493 e. The van der Waals surface area contributed by atoms with Gasteiger partial charge in [0, 0.05) is 11.3 Å². The van der Waals surface area contributed by atoms with E-state index in [2.05, 4.69) is 16.5 Å². The number of aryl methyl sites for hydroxylation is 2. The second kappa shape index (κ2) is 9.48. The molecule has 30 heavy (non-hydrogen) atoms. The van der Waals surface area contributed by atoms with Crippen LogP contribution >= 0.6 is 0 Å². The van der Waals surface area contributed by atoms with Gasteiger partial charge < -0.3 is 14.8 Å². The molecule has 1 heterocycles. The van der Waals surface area contributed by atoms with Crippen LogP contribution in [0.3, 0.4) is 0 Å². The van der Waals surface area contributed by atoms with E-state index < -0.39 is 0 Å². The number of amides is 1. The van der Waals surface area contributed by atoms with Gasteiger partial charge in [-0.2, -0.15) is 5.10 Å². The minimum absolute atomic E-state index is 0.103. The van der Waals surface area contributed by atoms with Crippen LogP contribution in [-0.4, -0.2) is 29.9 Å². The van der Waals surface area contributed by atoms with E-state index in [1.54, 1.807) is 14.2 Å². The average Bonchev–Trinajstić information content (AvgIpc) is 3.08. The molecule has 0 aliphatic heterocycles. The Bertz CT molecular complexity index is 1010. The number of benzene rings is 2. The maximum atomic E-state index is 12.8. The number of hydrogen-bond donors (Lipinski definition) is 1. The third kappa shape index (κ3) is 4.82. The summed E-state index contributed by atoms with van der Waals surface area (Å²) in [5.74, 6) is 1.21. The fraction of sp³-hybridized carbons (Fsp3) is 0.333. The third-order valence-electron chi connectivity index (χ3n) is 5.18. The molecule has 6 nitrogen and oxygen atoms in total. The molecule has 0 spiro atoms. The predicted molar refractivity (Wildman–Crippen MR) is 117 cm³/mol. The zero-order valence-corrected chi connectivity index (χ0v) is 18.2. The van der Waals surface area contributed by atoms with Crippen molar-refractivity contribution < 1.29 is 14.3 Å². The maximum Gasteiger partial charge on any atom is 0.251 e. The minimum Gasteiger partial charge on any atom is -0.493 e. The first-order valence-electron chi connectivity index (χ1n) is 10.1. The summed E-state index contributed by atoms with van der Waals surface area (Å²) < 4.78 is 12.7. The Morgan fingerprint density at radius 1 is 1.03 bits per heavy atom. The summed E-state index contributed by atoms with van der Waals surface area (Å²) in [6.45, 7) is 6.75. The van der Waals surface area contributed by atoms with Crippen LogP contribution in [-0.2, 0) is 6.54 Å². The van der Waals surface area contributed by atoms with Gasteiger partial charge in [0.15, 0.2) is 11.5 Å². The molecule has 0 radical (unpaired) electrons. The summed E-state index contributed by atoms with van der Waals surface area (Å²) in [6, 6.07) is 15.3. The van der Waals surface area contributed by atoms with Gasteiger partial charge in [-0.1, -0.05) is 25.1 Å². The van der Waals surface area contributed by atoms with Gasteiger partial charge in [0.2, 0.25) is 0 Å². The van der Waals surface area contributed by atoms with Crippen molar-refractivity contribution in [2.45, 2.75) is 39.8 Å². The number of hydrogen-bond acceptors (Lipinski definition) is 4. The molecule has 3 aromatic rings. The Morgan fingerprint density at radius 3 is 2.30 bits per heavy atom. The van der Waals surface area contributed by atoms with Crippen molar-refractivity contribution in [2.24, 2.45) is 0 Å². The van der Waals surface area contributed by atoms with E-state index in [4.69, 9.17) is 9.47 Å². The number of nitrogens with zero attached hydrogens (tertiary/aromatic N) is 2. The van der Waals surface area contributed by atoms with E-state index >= 15 is 0 Å². The van der Waals surface area contributed by atoms with E-state index in [1.807, 2.05) is 67.9 Å². The summed E-state index contributed by atoms with van der Waals surface area (Å²) in [5.41, 5.74) is 4.83. The maximum absolute atomic E-state index is 12.8. The quantitative estimate of drug-likeness (QED) is 0.599.